The smallest absolute Gasteiger partial charge is 0.124 e. The molecule has 1 unspecified atom stereocenters. The molecule has 1 aliphatic rings. The highest BCUT2D eigenvalue weighted by Gasteiger charge is 2.31. The zero-order valence-corrected chi connectivity index (χ0v) is 18.4. The molecule has 4 heteroatoms. The van der Waals surface area contributed by atoms with Crippen LogP contribution in [0.25, 0.3) is 0 Å². The van der Waals surface area contributed by atoms with Crippen molar-refractivity contribution in [2.24, 2.45) is 0 Å². The minimum Gasteiger partial charge on any atom is -0.280 e. The summed E-state index contributed by atoms with van der Waals surface area (Å²) in [6, 6.07) is 22.1. The molecule has 1 saturated heterocycles. The van der Waals surface area contributed by atoms with Crippen LogP contribution in [0.4, 0.5) is 4.39 Å². The van der Waals surface area contributed by atoms with Crippen molar-refractivity contribution < 1.29 is 4.39 Å². The zero-order valence-electron chi connectivity index (χ0n) is 17.6. The van der Waals surface area contributed by atoms with Gasteiger partial charge in [-0.25, -0.2) is 4.39 Å². The number of halogens is 2. The molecule has 0 radical (unpaired) electrons. The predicted molar refractivity (Wildman–Crippen MR) is 122 cm³/mol. The Kier molecular flexibility index (Phi) is 6.52. The van der Waals surface area contributed by atoms with E-state index in [0.717, 1.165) is 31.6 Å². The fraction of sp³-hybridized carbons (Fsp3) is 0.308. The summed E-state index contributed by atoms with van der Waals surface area (Å²) < 4.78 is 13.5. The van der Waals surface area contributed by atoms with Gasteiger partial charge in [-0.3, -0.25) is 9.80 Å². The van der Waals surface area contributed by atoms with Crippen LogP contribution in [0.5, 0.6) is 0 Å². The van der Waals surface area contributed by atoms with Crippen LogP contribution < -0.4 is 0 Å². The van der Waals surface area contributed by atoms with Crippen molar-refractivity contribution in [3.05, 3.63) is 105 Å². The fourth-order valence-electron chi connectivity index (χ4n) is 4.41. The summed E-state index contributed by atoms with van der Waals surface area (Å²) in [5.74, 6) is -0.293. The predicted octanol–water partition coefficient (Wildman–Crippen LogP) is 6.50. The van der Waals surface area contributed by atoms with E-state index in [1.54, 1.807) is 0 Å². The van der Waals surface area contributed by atoms with Crippen LogP contribution in [0.1, 0.15) is 40.4 Å². The third-order valence-electron chi connectivity index (χ3n) is 5.95. The van der Waals surface area contributed by atoms with Gasteiger partial charge >= 0.3 is 0 Å². The van der Waals surface area contributed by atoms with Gasteiger partial charge in [-0.1, -0.05) is 71.8 Å². The first-order chi connectivity index (χ1) is 14.5. The second-order valence-corrected chi connectivity index (χ2v) is 8.65. The summed E-state index contributed by atoms with van der Waals surface area (Å²) in [5, 5.41) is 0.494. The van der Waals surface area contributed by atoms with E-state index < -0.39 is 0 Å². The average molecular weight is 423 g/mol. The van der Waals surface area contributed by atoms with E-state index in [0.29, 0.717) is 11.6 Å². The lowest BCUT2D eigenvalue weighted by atomic mass is 10.0. The molecule has 0 amide bonds. The molecule has 30 heavy (non-hydrogen) atoms. The first-order valence-corrected chi connectivity index (χ1v) is 10.9. The first kappa shape index (κ1) is 21.0. The van der Waals surface area contributed by atoms with Crippen LogP contribution in [-0.2, 0) is 13.1 Å². The third-order valence-corrected chi connectivity index (χ3v) is 6.30. The van der Waals surface area contributed by atoms with E-state index >= 15 is 0 Å². The number of aryl methyl sites for hydroxylation is 2. The lowest BCUT2D eigenvalue weighted by Gasteiger charge is -2.44. The monoisotopic (exact) mass is 422 g/mol. The quantitative estimate of drug-likeness (QED) is 0.462. The van der Waals surface area contributed by atoms with E-state index in [-0.39, 0.29) is 12.0 Å². The van der Waals surface area contributed by atoms with Gasteiger partial charge < -0.3 is 0 Å². The fourth-order valence-corrected chi connectivity index (χ4v) is 4.64. The normalized spacial score (nSPS) is 17.9. The number of hydrogen-bond acceptors (Lipinski definition) is 2. The molecule has 1 fully saturated rings. The maximum atomic E-state index is 13.5. The summed E-state index contributed by atoms with van der Waals surface area (Å²) >= 11 is 6.37. The Morgan fingerprint density at radius 2 is 1.60 bits per heavy atom. The second kappa shape index (κ2) is 9.30. The van der Waals surface area contributed by atoms with Crippen LogP contribution in [0, 0.1) is 19.7 Å². The minimum atomic E-state index is -0.293. The zero-order chi connectivity index (χ0) is 21.1. The van der Waals surface area contributed by atoms with Gasteiger partial charge in [0.1, 0.15) is 5.82 Å². The summed E-state index contributed by atoms with van der Waals surface area (Å²) in [6.45, 7) is 7.94. The van der Waals surface area contributed by atoms with Crippen LogP contribution in [-0.4, -0.2) is 22.9 Å². The third kappa shape index (κ3) is 4.75. The molecule has 2 nitrogen and oxygen atoms in total. The van der Waals surface area contributed by atoms with Crippen LogP contribution in [0.3, 0.4) is 0 Å². The highest BCUT2D eigenvalue weighted by Crippen LogP contribution is 2.34. The van der Waals surface area contributed by atoms with E-state index in [9.17, 15) is 4.39 Å². The first-order valence-electron chi connectivity index (χ1n) is 10.5. The number of rotatable bonds is 5. The molecule has 1 atom stereocenters. The Hall–Kier alpha value is -2.20. The van der Waals surface area contributed by atoms with E-state index in [1.807, 2.05) is 6.07 Å². The molecule has 1 aliphatic heterocycles. The van der Waals surface area contributed by atoms with E-state index in [4.69, 9.17) is 11.6 Å². The van der Waals surface area contributed by atoms with Crippen molar-refractivity contribution in [2.45, 2.75) is 39.5 Å². The van der Waals surface area contributed by atoms with Gasteiger partial charge in [-0.05, 0) is 54.7 Å². The Morgan fingerprint density at radius 1 is 0.867 bits per heavy atom. The standard InChI is InChI=1S/C26H28ClFN2/c1-19-7-5-10-21(15-19)26-29(17-22-9-4-3-8-20(22)2)13-6-14-30(26)18-23-11-12-24(28)16-25(23)27/h3-5,7-12,15-16,26H,6,13-14,17-18H2,1-2H3. The number of benzene rings is 3. The van der Waals surface area contributed by atoms with Gasteiger partial charge in [0.2, 0.25) is 0 Å². The molecule has 0 bridgehead atoms. The Morgan fingerprint density at radius 3 is 2.30 bits per heavy atom. The minimum absolute atomic E-state index is 0.152. The molecular formula is C26H28ClFN2. The molecule has 1 heterocycles. The van der Waals surface area contributed by atoms with Gasteiger partial charge in [0.25, 0.3) is 0 Å². The molecule has 156 valence electrons. The number of hydrogen-bond donors (Lipinski definition) is 0. The lowest BCUT2D eigenvalue weighted by molar-refractivity contribution is -0.00920. The lowest BCUT2D eigenvalue weighted by Crippen LogP contribution is -2.47. The summed E-state index contributed by atoms with van der Waals surface area (Å²) in [6.07, 6.45) is 1.24. The summed E-state index contributed by atoms with van der Waals surface area (Å²) in [7, 11) is 0. The Balaban J connectivity index is 1.68. The van der Waals surface area contributed by atoms with Crippen molar-refractivity contribution in [2.75, 3.05) is 13.1 Å². The molecule has 0 aliphatic carbocycles. The highest BCUT2D eigenvalue weighted by molar-refractivity contribution is 6.31. The SMILES string of the molecule is Cc1cccc(C2N(Cc3ccccc3C)CCCN2Cc2ccc(F)cc2Cl)c1. The Labute approximate surface area is 183 Å². The van der Waals surface area contributed by atoms with Crippen molar-refractivity contribution in [3.8, 4) is 0 Å². The molecule has 0 N–H and O–H groups in total. The van der Waals surface area contributed by atoms with Crippen LogP contribution >= 0.6 is 11.6 Å². The topological polar surface area (TPSA) is 6.48 Å². The van der Waals surface area contributed by atoms with Gasteiger partial charge in [0.15, 0.2) is 0 Å². The average Bonchev–Trinajstić information content (AvgIpc) is 2.72. The summed E-state index contributed by atoms with van der Waals surface area (Å²) in [5.41, 5.74) is 6.19. The van der Waals surface area contributed by atoms with E-state index in [2.05, 4.69) is 72.2 Å². The Bertz CT molecular complexity index is 1020. The van der Waals surface area contributed by atoms with Gasteiger partial charge in [0.05, 0.1) is 6.17 Å². The maximum Gasteiger partial charge on any atom is 0.124 e. The number of nitrogens with zero attached hydrogens (tertiary/aromatic N) is 2. The second-order valence-electron chi connectivity index (χ2n) is 8.24. The molecule has 0 aromatic heterocycles. The molecule has 3 aromatic carbocycles. The van der Waals surface area contributed by atoms with Crippen LogP contribution in [0.2, 0.25) is 5.02 Å². The highest BCUT2D eigenvalue weighted by atomic mass is 35.5. The van der Waals surface area contributed by atoms with Crippen molar-refractivity contribution in [3.63, 3.8) is 0 Å². The van der Waals surface area contributed by atoms with Crippen molar-refractivity contribution in [1.29, 1.82) is 0 Å². The molecule has 0 spiro atoms. The molecular weight excluding hydrogens is 395 g/mol. The summed E-state index contributed by atoms with van der Waals surface area (Å²) in [4.78, 5) is 5.02. The largest absolute Gasteiger partial charge is 0.280 e. The van der Waals surface area contributed by atoms with Gasteiger partial charge in [-0.15, -0.1) is 0 Å². The van der Waals surface area contributed by atoms with Crippen molar-refractivity contribution >= 4 is 11.6 Å². The van der Waals surface area contributed by atoms with Gasteiger partial charge in [-0.2, -0.15) is 0 Å². The molecule has 0 saturated carbocycles. The molecule has 3 aromatic rings. The maximum absolute atomic E-state index is 13.5. The van der Waals surface area contributed by atoms with E-state index in [1.165, 1.54) is 34.4 Å². The molecule has 4 rings (SSSR count). The van der Waals surface area contributed by atoms with Crippen molar-refractivity contribution in [1.82, 2.24) is 9.80 Å². The van der Waals surface area contributed by atoms with Crippen LogP contribution in [0.15, 0.2) is 66.7 Å². The van der Waals surface area contributed by atoms with Gasteiger partial charge in [0, 0.05) is 31.2 Å².